The van der Waals surface area contributed by atoms with Gasteiger partial charge < -0.3 is 14.6 Å². The number of carboxylic acids is 1. The zero-order chi connectivity index (χ0) is 13.5. The summed E-state index contributed by atoms with van der Waals surface area (Å²) in [7, 11) is 0. The summed E-state index contributed by atoms with van der Waals surface area (Å²) >= 11 is 5.86. The summed E-state index contributed by atoms with van der Waals surface area (Å²) in [6.07, 6.45) is 1.35. The predicted octanol–water partition coefficient (Wildman–Crippen LogP) is 2.48. The minimum Gasteiger partial charge on any atom is -0.478 e. The molecule has 0 aliphatic heterocycles. The second-order valence-electron chi connectivity index (χ2n) is 4.10. The third-order valence-corrected chi connectivity index (χ3v) is 2.37. The van der Waals surface area contributed by atoms with Crippen LogP contribution < -0.4 is 4.74 Å². The monoisotopic (exact) mass is 273 g/mol. The van der Waals surface area contributed by atoms with E-state index in [2.05, 4.69) is 18.8 Å². The topological polar surface area (TPSA) is 68.7 Å². The van der Waals surface area contributed by atoms with Gasteiger partial charge in [-0.2, -0.15) is 0 Å². The maximum Gasteiger partial charge on any atom is 0.337 e. The molecule has 18 heavy (non-hydrogen) atoms. The normalized spacial score (nSPS) is 10.7. The first kappa shape index (κ1) is 14.7. The van der Waals surface area contributed by atoms with E-state index >= 15 is 0 Å². The highest BCUT2D eigenvalue weighted by Gasteiger charge is 2.14. The third-order valence-electron chi connectivity index (χ3n) is 2.01. The minimum absolute atomic E-state index is 0.00820. The predicted molar refractivity (Wildman–Crippen MR) is 67.4 cm³/mol. The quantitative estimate of drug-likeness (QED) is 0.773. The molecule has 100 valence electrons. The van der Waals surface area contributed by atoms with Gasteiger partial charge in [-0.1, -0.05) is 25.4 Å². The van der Waals surface area contributed by atoms with Crippen molar-refractivity contribution >= 4 is 17.6 Å². The molecule has 1 N–H and O–H groups in total. The van der Waals surface area contributed by atoms with Crippen LogP contribution in [0.1, 0.15) is 24.2 Å². The molecule has 0 aliphatic rings. The summed E-state index contributed by atoms with van der Waals surface area (Å²) < 4.78 is 10.6. The Morgan fingerprint density at radius 2 is 2.22 bits per heavy atom. The molecule has 1 aromatic heterocycles. The summed E-state index contributed by atoms with van der Waals surface area (Å²) in [4.78, 5) is 14.7. The molecule has 1 aromatic rings. The SMILES string of the molecule is CC(C)COCCOc1nccc(C(=O)O)c1Cl. The Morgan fingerprint density at radius 1 is 1.50 bits per heavy atom. The van der Waals surface area contributed by atoms with Gasteiger partial charge in [-0.05, 0) is 12.0 Å². The molecule has 1 rings (SSSR count). The van der Waals surface area contributed by atoms with Crippen LogP contribution in [0.5, 0.6) is 5.88 Å². The van der Waals surface area contributed by atoms with Crippen LogP contribution in [0.4, 0.5) is 0 Å². The second kappa shape index (κ2) is 7.18. The van der Waals surface area contributed by atoms with Crippen molar-refractivity contribution in [3.8, 4) is 5.88 Å². The number of hydrogen-bond donors (Lipinski definition) is 1. The van der Waals surface area contributed by atoms with Gasteiger partial charge in [0, 0.05) is 12.8 Å². The zero-order valence-electron chi connectivity index (χ0n) is 10.4. The first-order valence-corrected chi connectivity index (χ1v) is 5.98. The Morgan fingerprint density at radius 3 is 2.83 bits per heavy atom. The highest BCUT2D eigenvalue weighted by Crippen LogP contribution is 2.25. The van der Waals surface area contributed by atoms with E-state index < -0.39 is 5.97 Å². The lowest BCUT2D eigenvalue weighted by Crippen LogP contribution is -2.11. The number of ether oxygens (including phenoxy) is 2. The van der Waals surface area contributed by atoms with Gasteiger partial charge in [0.25, 0.3) is 0 Å². The van der Waals surface area contributed by atoms with Crippen molar-refractivity contribution in [2.75, 3.05) is 19.8 Å². The molecule has 6 heteroatoms. The second-order valence-corrected chi connectivity index (χ2v) is 4.48. The molecule has 0 unspecified atom stereocenters. The van der Waals surface area contributed by atoms with Gasteiger partial charge >= 0.3 is 5.97 Å². The van der Waals surface area contributed by atoms with Crippen molar-refractivity contribution in [3.63, 3.8) is 0 Å². The van der Waals surface area contributed by atoms with Crippen LogP contribution in [0.25, 0.3) is 0 Å². The molecule has 0 radical (unpaired) electrons. The summed E-state index contributed by atoms with van der Waals surface area (Å²) in [6, 6.07) is 1.33. The molecule has 5 nitrogen and oxygen atoms in total. The van der Waals surface area contributed by atoms with Gasteiger partial charge in [0.1, 0.15) is 11.6 Å². The van der Waals surface area contributed by atoms with Crippen LogP contribution in [0.2, 0.25) is 5.02 Å². The van der Waals surface area contributed by atoms with Crippen molar-refractivity contribution < 1.29 is 19.4 Å². The van der Waals surface area contributed by atoms with Gasteiger partial charge in [0.05, 0.1) is 12.2 Å². The zero-order valence-corrected chi connectivity index (χ0v) is 11.1. The number of nitrogens with zero attached hydrogens (tertiary/aromatic N) is 1. The third kappa shape index (κ3) is 4.50. The number of pyridine rings is 1. The largest absolute Gasteiger partial charge is 0.478 e. The number of rotatable bonds is 7. The van der Waals surface area contributed by atoms with Gasteiger partial charge in [-0.25, -0.2) is 9.78 Å². The number of carboxylic acid groups (broad SMARTS) is 1. The molecular weight excluding hydrogens is 258 g/mol. The van der Waals surface area contributed by atoms with Gasteiger partial charge in [-0.15, -0.1) is 0 Å². The molecular formula is C12H16ClNO4. The fourth-order valence-electron chi connectivity index (χ4n) is 1.21. The Labute approximate surface area is 111 Å². The maximum absolute atomic E-state index is 10.8. The number of aromatic nitrogens is 1. The first-order chi connectivity index (χ1) is 8.52. The van der Waals surface area contributed by atoms with Crippen molar-refractivity contribution in [1.82, 2.24) is 4.98 Å². The van der Waals surface area contributed by atoms with E-state index in [1.54, 1.807) is 0 Å². The Balaban J connectivity index is 2.48. The van der Waals surface area contributed by atoms with Crippen LogP contribution in [-0.4, -0.2) is 35.9 Å². The average Bonchev–Trinajstić information content (AvgIpc) is 2.30. The number of aromatic carboxylic acids is 1. The summed E-state index contributed by atoms with van der Waals surface area (Å²) in [5.41, 5.74) is -0.0234. The highest BCUT2D eigenvalue weighted by molar-refractivity contribution is 6.34. The maximum atomic E-state index is 10.8. The molecule has 1 heterocycles. The van der Waals surface area contributed by atoms with E-state index in [0.717, 1.165) is 0 Å². The van der Waals surface area contributed by atoms with Crippen molar-refractivity contribution in [3.05, 3.63) is 22.8 Å². The van der Waals surface area contributed by atoms with Crippen LogP contribution in [0, 0.1) is 5.92 Å². The molecule has 0 amide bonds. The lowest BCUT2D eigenvalue weighted by molar-refractivity contribution is 0.0694. The van der Waals surface area contributed by atoms with E-state index in [1.807, 2.05) is 0 Å². The Kier molecular flexibility index (Phi) is 5.88. The molecule has 0 aliphatic carbocycles. The molecule has 0 saturated carbocycles. The molecule has 0 saturated heterocycles. The number of halogens is 1. The van der Waals surface area contributed by atoms with E-state index in [4.69, 9.17) is 26.2 Å². The van der Waals surface area contributed by atoms with Crippen LogP contribution in [0.15, 0.2) is 12.3 Å². The first-order valence-electron chi connectivity index (χ1n) is 5.60. The van der Waals surface area contributed by atoms with Gasteiger partial charge in [-0.3, -0.25) is 0 Å². The number of hydrogen-bond acceptors (Lipinski definition) is 4. The summed E-state index contributed by atoms with van der Waals surface area (Å²) in [5.74, 6) is -0.532. The Bertz CT molecular complexity index is 409. The fourth-order valence-corrected chi connectivity index (χ4v) is 1.45. The van der Waals surface area contributed by atoms with E-state index in [0.29, 0.717) is 19.1 Å². The van der Waals surface area contributed by atoms with Crippen molar-refractivity contribution in [1.29, 1.82) is 0 Å². The summed E-state index contributed by atoms with van der Waals surface area (Å²) in [6.45, 7) is 5.45. The lowest BCUT2D eigenvalue weighted by atomic mass is 10.2. The lowest BCUT2D eigenvalue weighted by Gasteiger charge is -2.09. The fraction of sp³-hybridized carbons (Fsp3) is 0.500. The van der Waals surface area contributed by atoms with Gasteiger partial charge in [0.2, 0.25) is 5.88 Å². The van der Waals surface area contributed by atoms with E-state index in [-0.39, 0.29) is 23.1 Å². The van der Waals surface area contributed by atoms with Crippen molar-refractivity contribution in [2.24, 2.45) is 5.92 Å². The summed E-state index contributed by atoms with van der Waals surface area (Å²) in [5, 5.41) is 8.88. The number of carbonyl (C=O) groups is 1. The molecule has 0 bridgehead atoms. The van der Waals surface area contributed by atoms with Gasteiger partial charge in [0.15, 0.2) is 0 Å². The average molecular weight is 274 g/mol. The molecule has 0 aromatic carbocycles. The van der Waals surface area contributed by atoms with E-state index in [9.17, 15) is 4.79 Å². The highest BCUT2D eigenvalue weighted by atomic mass is 35.5. The van der Waals surface area contributed by atoms with Crippen LogP contribution in [-0.2, 0) is 4.74 Å². The Hall–Kier alpha value is -1.33. The molecule has 0 atom stereocenters. The van der Waals surface area contributed by atoms with Crippen LogP contribution >= 0.6 is 11.6 Å². The molecule has 0 spiro atoms. The minimum atomic E-state index is -1.11. The van der Waals surface area contributed by atoms with Crippen molar-refractivity contribution in [2.45, 2.75) is 13.8 Å². The van der Waals surface area contributed by atoms with E-state index in [1.165, 1.54) is 12.3 Å². The van der Waals surface area contributed by atoms with Crippen LogP contribution in [0.3, 0.4) is 0 Å². The standard InChI is InChI=1S/C12H16ClNO4/c1-8(2)7-17-5-6-18-11-10(13)9(12(15)16)3-4-14-11/h3-4,8H,5-7H2,1-2H3,(H,15,16). The smallest absolute Gasteiger partial charge is 0.337 e. The molecule has 0 fully saturated rings.